The van der Waals surface area contributed by atoms with Gasteiger partial charge in [-0.2, -0.15) is 5.26 Å². The monoisotopic (exact) mass is 172 g/mol. The summed E-state index contributed by atoms with van der Waals surface area (Å²) in [6, 6.07) is 0. The molecule has 3 N–H and O–H groups in total. The molecule has 0 saturated carbocycles. The number of guanidine groups is 1. The van der Waals surface area contributed by atoms with Gasteiger partial charge in [0, 0.05) is 6.54 Å². The van der Waals surface area contributed by atoms with Crippen molar-refractivity contribution >= 4 is 5.96 Å². The minimum atomic E-state index is 0.176. The second-order valence-electron chi connectivity index (χ2n) is 1.10. The molecular weight excluding hydrogens is 152 g/mol. The number of nitrogens with one attached hydrogen (secondary N) is 1. The summed E-state index contributed by atoms with van der Waals surface area (Å²) in [6.45, 7) is 10.4. The van der Waals surface area contributed by atoms with Gasteiger partial charge >= 0.3 is 0 Å². The van der Waals surface area contributed by atoms with Crippen LogP contribution in [0.4, 0.5) is 0 Å². The highest BCUT2D eigenvalue weighted by Gasteiger charge is 1.80. The molecule has 0 radical (unpaired) electrons. The van der Waals surface area contributed by atoms with E-state index in [1.165, 1.54) is 0 Å². The Labute approximate surface area is 75.5 Å². The first-order chi connectivity index (χ1) is 5.81. The van der Waals surface area contributed by atoms with Crippen LogP contribution in [-0.2, 0) is 0 Å². The molecule has 0 spiro atoms. The molecule has 0 aromatic carbocycles. The van der Waals surface area contributed by atoms with Crippen molar-refractivity contribution in [2.75, 3.05) is 6.54 Å². The van der Waals surface area contributed by atoms with Crippen molar-refractivity contribution in [2.45, 2.75) is 34.6 Å². The predicted molar refractivity (Wildman–Crippen MR) is 53.6 cm³/mol. The number of hydrogen-bond acceptors (Lipinski definition) is 2. The van der Waals surface area contributed by atoms with Crippen molar-refractivity contribution in [1.29, 1.82) is 5.26 Å². The van der Waals surface area contributed by atoms with Crippen LogP contribution in [0.3, 0.4) is 0 Å². The first-order valence-corrected chi connectivity index (χ1v) is 4.26. The molecule has 0 rings (SSSR count). The van der Waals surface area contributed by atoms with Gasteiger partial charge in [0.2, 0.25) is 5.96 Å². The number of hydrogen-bond donors (Lipinski definition) is 2. The summed E-state index contributed by atoms with van der Waals surface area (Å²) in [4.78, 5) is 3.68. The van der Waals surface area contributed by atoms with Gasteiger partial charge in [-0.05, 0) is 6.92 Å². The molecule has 0 aliphatic carbocycles. The van der Waals surface area contributed by atoms with Crippen molar-refractivity contribution in [3.63, 3.8) is 0 Å². The minimum absolute atomic E-state index is 0.176. The van der Waals surface area contributed by atoms with Gasteiger partial charge < -0.3 is 5.73 Å². The zero-order valence-corrected chi connectivity index (χ0v) is 8.68. The molecule has 0 unspecified atom stereocenters. The van der Waals surface area contributed by atoms with Gasteiger partial charge in [-0.15, -0.1) is 0 Å². The zero-order chi connectivity index (χ0) is 10.4. The lowest BCUT2D eigenvalue weighted by Gasteiger charge is -1.90. The number of aliphatic imine (C=N–C) groups is 1. The summed E-state index contributed by atoms with van der Waals surface area (Å²) in [7, 11) is 0. The van der Waals surface area contributed by atoms with E-state index in [0.717, 1.165) is 0 Å². The van der Waals surface area contributed by atoms with Crippen LogP contribution in [0.15, 0.2) is 4.99 Å². The Kier molecular flexibility index (Phi) is 32.0. The Bertz CT molecular complexity index is 124. The molecule has 0 heterocycles. The minimum Gasteiger partial charge on any atom is -0.369 e. The molecule has 0 aliphatic heterocycles. The van der Waals surface area contributed by atoms with Gasteiger partial charge in [-0.3, -0.25) is 10.3 Å². The quantitative estimate of drug-likeness (QED) is 0.272. The lowest BCUT2D eigenvalue weighted by molar-refractivity contribution is 1.08. The number of nitrogens with two attached hydrogens (primary N) is 1. The maximum atomic E-state index is 7.94. The first-order valence-electron chi connectivity index (χ1n) is 4.26. The molecular formula is C8H20N4. The van der Waals surface area contributed by atoms with Crippen LogP contribution in [0.2, 0.25) is 0 Å². The maximum Gasteiger partial charge on any atom is 0.202 e. The van der Waals surface area contributed by atoms with Crippen molar-refractivity contribution in [2.24, 2.45) is 10.7 Å². The lowest BCUT2D eigenvalue weighted by Crippen LogP contribution is -2.27. The third kappa shape index (κ3) is 23.3. The van der Waals surface area contributed by atoms with Crippen LogP contribution in [0, 0.1) is 11.5 Å². The van der Waals surface area contributed by atoms with Crippen LogP contribution in [-0.4, -0.2) is 12.5 Å². The van der Waals surface area contributed by atoms with E-state index in [-0.39, 0.29) is 5.96 Å². The Balaban J connectivity index is -0.000000175. The average molecular weight is 172 g/mol. The highest BCUT2D eigenvalue weighted by molar-refractivity contribution is 5.79. The summed E-state index contributed by atoms with van der Waals surface area (Å²) in [5.74, 6) is 0.176. The molecule has 0 aliphatic rings. The molecule has 0 aromatic rings. The molecule has 0 atom stereocenters. The maximum absolute atomic E-state index is 7.94. The summed E-state index contributed by atoms with van der Waals surface area (Å²) in [5, 5.41) is 10.1. The Hall–Kier alpha value is -1.24. The van der Waals surface area contributed by atoms with E-state index < -0.39 is 0 Å². The summed E-state index contributed by atoms with van der Waals surface area (Å²) >= 11 is 0. The van der Waals surface area contributed by atoms with Crippen LogP contribution in [0.5, 0.6) is 0 Å². The van der Waals surface area contributed by atoms with Crippen LogP contribution in [0.25, 0.3) is 0 Å². The van der Waals surface area contributed by atoms with Gasteiger partial charge in [-0.25, -0.2) is 0 Å². The van der Waals surface area contributed by atoms with E-state index in [2.05, 4.69) is 10.3 Å². The van der Waals surface area contributed by atoms with E-state index in [1.807, 2.05) is 34.6 Å². The molecule has 0 saturated heterocycles. The Morgan fingerprint density at radius 3 is 2.08 bits per heavy atom. The molecule has 4 heteroatoms. The molecule has 0 aromatic heterocycles. The van der Waals surface area contributed by atoms with Gasteiger partial charge in [-0.1, -0.05) is 27.7 Å². The fourth-order valence-electron chi connectivity index (χ4n) is 0.267. The van der Waals surface area contributed by atoms with Gasteiger partial charge in [0.1, 0.15) is 0 Å². The third-order valence-electron chi connectivity index (χ3n) is 0.512. The largest absolute Gasteiger partial charge is 0.369 e. The summed E-state index contributed by atoms with van der Waals surface area (Å²) in [6.07, 6.45) is 1.65. The summed E-state index contributed by atoms with van der Waals surface area (Å²) < 4.78 is 0. The summed E-state index contributed by atoms with van der Waals surface area (Å²) in [5.41, 5.74) is 5.11. The molecule has 0 bridgehead atoms. The van der Waals surface area contributed by atoms with Crippen molar-refractivity contribution < 1.29 is 0 Å². The number of nitrogens with zero attached hydrogens (tertiary/aromatic N) is 2. The van der Waals surface area contributed by atoms with Crippen LogP contribution >= 0.6 is 0 Å². The van der Waals surface area contributed by atoms with E-state index in [0.29, 0.717) is 6.54 Å². The smallest absolute Gasteiger partial charge is 0.202 e. The molecule has 0 fully saturated rings. The van der Waals surface area contributed by atoms with Gasteiger partial charge in [0.05, 0.1) is 0 Å². The molecule has 0 amide bonds. The fraction of sp³-hybridized carbons (Fsp3) is 0.750. The van der Waals surface area contributed by atoms with Crippen molar-refractivity contribution in [3.8, 4) is 6.19 Å². The van der Waals surface area contributed by atoms with E-state index in [1.54, 1.807) is 6.19 Å². The lowest BCUT2D eigenvalue weighted by atomic mass is 10.8. The number of nitriles is 1. The van der Waals surface area contributed by atoms with Crippen LogP contribution in [0.1, 0.15) is 34.6 Å². The molecule has 12 heavy (non-hydrogen) atoms. The highest BCUT2D eigenvalue weighted by atomic mass is 15.1. The van der Waals surface area contributed by atoms with Crippen LogP contribution < -0.4 is 11.1 Å². The van der Waals surface area contributed by atoms with Crippen molar-refractivity contribution in [1.82, 2.24) is 5.32 Å². The Morgan fingerprint density at radius 1 is 1.42 bits per heavy atom. The van der Waals surface area contributed by atoms with E-state index >= 15 is 0 Å². The Morgan fingerprint density at radius 2 is 1.83 bits per heavy atom. The molecule has 72 valence electrons. The van der Waals surface area contributed by atoms with Crippen molar-refractivity contribution in [3.05, 3.63) is 0 Å². The van der Waals surface area contributed by atoms with Gasteiger partial charge in [0.25, 0.3) is 0 Å². The first kappa shape index (κ1) is 17.0. The predicted octanol–water partition coefficient (Wildman–Crippen LogP) is 1.44. The standard InChI is InChI=1S/C4H8N4.2C2H6/c1-2-7-4(6)8-3-5;2*1-2/h2H2,1H3,(H3,6,7,8);2*1-2H3. The molecule has 4 nitrogen and oxygen atoms in total. The normalized spacial score (nSPS) is 7.83. The highest BCUT2D eigenvalue weighted by Crippen LogP contribution is 1.62. The fourth-order valence-corrected chi connectivity index (χ4v) is 0.267. The average Bonchev–Trinajstić information content (AvgIpc) is 2.12. The number of rotatable bonds is 1. The van der Waals surface area contributed by atoms with E-state index in [9.17, 15) is 0 Å². The SMILES string of the molecule is CC.CC.CCN=C(N)NC#N. The van der Waals surface area contributed by atoms with E-state index in [4.69, 9.17) is 11.0 Å². The third-order valence-corrected chi connectivity index (χ3v) is 0.512. The van der Waals surface area contributed by atoms with Gasteiger partial charge in [0.15, 0.2) is 6.19 Å². The zero-order valence-electron chi connectivity index (χ0n) is 8.68. The second kappa shape index (κ2) is 22.6. The topological polar surface area (TPSA) is 74.2 Å². The second-order valence-corrected chi connectivity index (χ2v) is 1.10.